The second-order valence-corrected chi connectivity index (χ2v) is 11.6. The first-order valence-corrected chi connectivity index (χ1v) is 14.6. The molecule has 15 heteroatoms. The van der Waals surface area contributed by atoms with Crippen molar-refractivity contribution in [2.75, 3.05) is 0 Å². The van der Waals surface area contributed by atoms with Gasteiger partial charge in [0, 0.05) is 21.5 Å². The van der Waals surface area contributed by atoms with E-state index in [2.05, 4.69) is 9.98 Å². The van der Waals surface area contributed by atoms with Crippen molar-refractivity contribution in [3.63, 3.8) is 0 Å². The Bertz CT molecular complexity index is 2770. The zero-order chi connectivity index (χ0) is 36.6. The van der Waals surface area contributed by atoms with Crippen LogP contribution in [0.3, 0.4) is 0 Å². The Labute approximate surface area is 279 Å². The van der Waals surface area contributed by atoms with Gasteiger partial charge in [0.2, 0.25) is 12.4 Å². The summed E-state index contributed by atoms with van der Waals surface area (Å²) < 4.78 is 122. The Balaban J connectivity index is 1.48. The van der Waals surface area contributed by atoms with Crippen LogP contribution in [0.1, 0.15) is 22.3 Å². The number of aromatic nitrogens is 2. The zero-order valence-corrected chi connectivity index (χ0v) is 25.5. The molecule has 0 amide bonds. The maximum atomic E-state index is 13.6. The van der Waals surface area contributed by atoms with Crippen molar-refractivity contribution in [1.29, 1.82) is 10.5 Å². The number of halogens is 9. The number of hydrogen-bond acceptors (Lipinski definition) is 6. The van der Waals surface area contributed by atoms with Crippen LogP contribution in [0, 0.1) is 29.8 Å². The Morgan fingerprint density at radius 3 is 1.25 bits per heavy atom. The summed E-state index contributed by atoms with van der Waals surface area (Å²) in [5.41, 5.74) is -2.70. The normalized spacial score (nSPS) is 13.5. The van der Waals surface area contributed by atoms with Crippen molar-refractivity contribution in [2.24, 2.45) is 9.98 Å². The Hall–Kier alpha value is -6.35. The van der Waals surface area contributed by atoms with E-state index in [1.54, 1.807) is 36.7 Å². The van der Waals surface area contributed by atoms with Gasteiger partial charge in [0.25, 0.3) is 0 Å². The minimum Gasteiger partial charge on any atom is -0.241 e. The molecule has 0 saturated heterocycles. The largest absolute Gasteiger partial charge is 0.416 e. The lowest BCUT2D eigenvalue weighted by Gasteiger charge is -2.14. The van der Waals surface area contributed by atoms with Crippen LogP contribution < -0.4 is 10.7 Å². The molecule has 252 valence electrons. The van der Waals surface area contributed by atoms with Gasteiger partial charge in [0.05, 0.1) is 27.7 Å². The average Bonchev–Trinajstić information content (AvgIpc) is 3.53. The van der Waals surface area contributed by atoms with Crippen molar-refractivity contribution in [1.82, 2.24) is 9.97 Å². The number of rotatable bonds is 2. The van der Waals surface area contributed by atoms with Crippen LogP contribution in [-0.4, -0.2) is 9.97 Å². The van der Waals surface area contributed by atoms with Crippen molar-refractivity contribution in [2.45, 2.75) is 25.5 Å². The number of alkyl halides is 9. The third kappa shape index (κ3) is 5.66. The number of nitrogens with zero attached hydrogens (tertiary/aromatic N) is 6. The van der Waals surface area contributed by atoms with Gasteiger partial charge in [0.1, 0.15) is 21.7 Å². The van der Waals surface area contributed by atoms with Crippen molar-refractivity contribution in [3.8, 4) is 34.6 Å². The molecule has 7 rings (SSSR count). The molecule has 0 fully saturated rings. The molecule has 6 aromatic carbocycles. The molecular weight excluding hydrogens is 687 g/mol. The Morgan fingerprint density at radius 1 is 0.471 bits per heavy atom. The minimum absolute atomic E-state index is 0.0203. The highest BCUT2D eigenvalue weighted by Gasteiger charge is 2.37. The van der Waals surface area contributed by atoms with Gasteiger partial charge in [-0.05, 0) is 77.2 Å². The molecule has 0 aliphatic rings. The molecule has 0 saturated carbocycles. The summed E-state index contributed by atoms with van der Waals surface area (Å²) in [5, 5.41) is 20.3. The first-order valence-electron chi connectivity index (χ1n) is 14.6. The lowest BCUT2D eigenvalue weighted by Crippen LogP contribution is -2.11. The molecule has 0 N–H and O–H groups in total. The SMILES string of the molecule is Cc1cc(-c2ccc3c(c2)/c(=N\C#N)c2nc4c(nc23)/c(=N\C#N)c2cc(-c3cc(C(F)(F)F)cc(C(F)(F)F)c3)ccc24)cc(C(F)(F)F)c1. The van der Waals surface area contributed by atoms with Crippen LogP contribution in [-0.2, 0) is 18.5 Å². The quantitative estimate of drug-likeness (QED) is 0.132. The molecule has 51 heavy (non-hydrogen) atoms. The lowest BCUT2D eigenvalue weighted by atomic mass is 9.98. The third-order valence-electron chi connectivity index (χ3n) is 8.39. The Morgan fingerprint density at radius 2 is 0.863 bits per heavy atom. The van der Waals surface area contributed by atoms with Crippen LogP contribution in [0.5, 0.6) is 0 Å². The molecule has 7 aromatic rings. The summed E-state index contributed by atoms with van der Waals surface area (Å²) in [6.45, 7) is 1.53. The van der Waals surface area contributed by atoms with E-state index >= 15 is 0 Å². The molecule has 0 radical (unpaired) electrons. The predicted molar refractivity (Wildman–Crippen MR) is 167 cm³/mol. The van der Waals surface area contributed by atoms with Gasteiger partial charge in [-0.25, -0.2) is 9.97 Å². The summed E-state index contributed by atoms with van der Waals surface area (Å²) in [5.74, 6) is 0. The summed E-state index contributed by atoms with van der Waals surface area (Å²) in [6.07, 6.45) is -11.4. The van der Waals surface area contributed by atoms with Gasteiger partial charge in [0.15, 0.2) is 0 Å². The van der Waals surface area contributed by atoms with Crippen LogP contribution >= 0.6 is 0 Å². The highest BCUT2D eigenvalue weighted by Crippen LogP contribution is 2.40. The highest BCUT2D eigenvalue weighted by molar-refractivity contribution is 6.15. The number of aryl methyl sites for hydroxylation is 1. The maximum Gasteiger partial charge on any atom is 0.416 e. The topological polar surface area (TPSA) is 98.1 Å². The van der Waals surface area contributed by atoms with E-state index in [-0.39, 0.29) is 60.9 Å². The molecule has 0 bridgehead atoms. The first-order chi connectivity index (χ1) is 24.0. The third-order valence-corrected chi connectivity index (χ3v) is 8.39. The summed E-state index contributed by atoms with van der Waals surface area (Å²) >= 11 is 0. The molecule has 0 aliphatic carbocycles. The number of nitriles is 2. The number of benzene rings is 4. The molecule has 6 nitrogen and oxygen atoms in total. The molecule has 1 heterocycles. The standard InChI is InChI=1S/C36H15F9N6/c1-16-6-19(8-21(7-16)34(37,38)39)17-2-4-24-26(11-17)28(48-14-46)32-30(24)50-33-29(49-15-47)27-12-18(3-5-25(27)31(33)51-32)20-9-22(35(40,41)42)13-23(10-20)36(43,44)45/h2-13H,1H3/b48-28+,49-29-. The highest BCUT2D eigenvalue weighted by atomic mass is 19.4. The molecule has 0 atom stereocenters. The van der Waals surface area contributed by atoms with E-state index in [4.69, 9.17) is 9.97 Å². The predicted octanol–water partition coefficient (Wildman–Crippen LogP) is 9.43. The Kier molecular flexibility index (Phi) is 7.38. The second-order valence-electron chi connectivity index (χ2n) is 11.6. The van der Waals surface area contributed by atoms with Crippen LogP contribution in [0.25, 0.3) is 65.9 Å². The van der Waals surface area contributed by atoms with Crippen LogP contribution in [0.15, 0.2) is 82.8 Å². The second kappa shape index (κ2) is 11.3. The molecule has 0 aliphatic heterocycles. The first kappa shape index (κ1) is 33.2. The fourth-order valence-corrected chi connectivity index (χ4v) is 6.21. The van der Waals surface area contributed by atoms with Gasteiger partial charge in [-0.15, -0.1) is 0 Å². The fourth-order valence-electron chi connectivity index (χ4n) is 6.21. The summed E-state index contributed by atoms with van der Waals surface area (Å²) in [4.78, 5) is 17.2. The van der Waals surface area contributed by atoms with Crippen molar-refractivity contribution < 1.29 is 39.5 Å². The molecule has 0 spiro atoms. The average molecular weight is 703 g/mol. The number of fused-ring (bicyclic) bond motifs is 6. The fraction of sp³-hybridized carbons (Fsp3) is 0.111. The van der Waals surface area contributed by atoms with Gasteiger partial charge < -0.3 is 0 Å². The van der Waals surface area contributed by atoms with Gasteiger partial charge in [-0.2, -0.15) is 60.0 Å². The molecule has 0 unspecified atom stereocenters. The molecule has 1 aromatic heterocycles. The van der Waals surface area contributed by atoms with Crippen molar-refractivity contribution in [3.05, 3.63) is 106 Å². The lowest BCUT2D eigenvalue weighted by molar-refractivity contribution is -0.143. The smallest absolute Gasteiger partial charge is 0.241 e. The number of hydrogen-bond donors (Lipinski definition) is 0. The van der Waals surface area contributed by atoms with Gasteiger partial charge in [-0.3, -0.25) is 0 Å². The maximum absolute atomic E-state index is 13.6. The monoisotopic (exact) mass is 702 g/mol. The van der Waals surface area contributed by atoms with Crippen molar-refractivity contribution >= 4 is 43.6 Å². The van der Waals surface area contributed by atoms with E-state index in [9.17, 15) is 50.0 Å². The van der Waals surface area contributed by atoms with E-state index in [0.29, 0.717) is 39.4 Å². The van der Waals surface area contributed by atoms with Gasteiger partial charge >= 0.3 is 18.5 Å². The summed E-state index contributed by atoms with van der Waals surface area (Å²) in [7, 11) is 0. The minimum atomic E-state index is -5.07. The van der Waals surface area contributed by atoms with Crippen LogP contribution in [0.2, 0.25) is 0 Å². The van der Waals surface area contributed by atoms with Gasteiger partial charge in [-0.1, -0.05) is 30.3 Å². The molecular formula is C36H15F9N6. The van der Waals surface area contributed by atoms with E-state index in [0.717, 1.165) is 12.1 Å². The van der Waals surface area contributed by atoms with E-state index in [1.807, 2.05) is 0 Å². The zero-order valence-electron chi connectivity index (χ0n) is 25.5. The van der Waals surface area contributed by atoms with Crippen LogP contribution in [0.4, 0.5) is 39.5 Å². The van der Waals surface area contributed by atoms with E-state index in [1.165, 1.54) is 25.1 Å². The van der Waals surface area contributed by atoms with E-state index < -0.39 is 35.2 Å². The summed E-state index contributed by atoms with van der Waals surface area (Å²) in [6, 6.07) is 13.5.